The number of H-pyrrole nitrogens is 1. The van der Waals surface area contributed by atoms with Gasteiger partial charge in [-0.1, -0.05) is 22.9 Å². The number of hydrogen-bond acceptors (Lipinski definition) is 10. The van der Waals surface area contributed by atoms with E-state index in [1.165, 1.54) is 0 Å². The standard InChI is InChI=1S/C29H38ClN9O2/c1-20(16-41-17-28-36-38-39-37-28)34-22-7-5-21(6-8-22)13-23-14-24(25(30)15-32-23)26-3-2-4-27(35-26)33-19-29(18-31)9-11-40-12-10-29/h2-4,14-15,20-22,34H,5-13,16-17,19H2,1H3,(H,33,35)(H,36,37,38,39)/t20-,21?,22?/m1/s1. The van der Waals surface area contributed by atoms with E-state index in [4.69, 9.17) is 26.1 Å². The molecule has 3 aromatic rings. The third kappa shape index (κ3) is 8.20. The fraction of sp³-hybridized carbons (Fsp3) is 0.586. The van der Waals surface area contributed by atoms with Gasteiger partial charge in [0.2, 0.25) is 0 Å². The minimum absolute atomic E-state index is 0.254. The predicted octanol–water partition coefficient (Wildman–Crippen LogP) is 4.34. The van der Waals surface area contributed by atoms with E-state index in [1.54, 1.807) is 6.20 Å². The highest BCUT2D eigenvalue weighted by Gasteiger charge is 2.32. The second-order valence-electron chi connectivity index (χ2n) is 11.3. The van der Waals surface area contributed by atoms with Gasteiger partial charge in [-0.2, -0.15) is 10.5 Å². The number of rotatable bonds is 12. The van der Waals surface area contributed by atoms with Crippen molar-refractivity contribution in [1.82, 2.24) is 35.9 Å². The summed E-state index contributed by atoms with van der Waals surface area (Å²) in [5.41, 5.74) is 2.29. The molecular weight excluding hydrogens is 542 g/mol. The van der Waals surface area contributed by atoms with E-state index >= 15 is 0 Å². The van der Waals surface area contributed by atoms with E-state index < -0.39 is 5.41 Å². The Morgan fingerprint density at radius 3 is 2.83 bits per heavy atom. The molecule has 0 bridgehead atoms. The first kappa shape index (κ1) is 29.3. The number of halogens is 1. The van der Waals surface area contributed by atoms with Crippen molar-refractivity contribution in [3.63, 3.8) is 0 Å². The van der Waals surface area contributed by atoms with Gasteiger partial charge >= 0.3 is 0 Å². The second kappa shape index (κ2) is 14.1. The molecule has 3 N–H and O–H groups in total. The Kier molecular flexibility index (Phi) is 10.1. The zero-order valence-corrected chi connectivity index (χ0v) is 24.2. The Balaban J connectivity index is 1.11. The Hall–Kier alpha value is -3.17. The largest absolute Gasteiger partial charge is 0.381 e. The number of nitrogens with one attached hydrogen (secondary N) is 3. The number of ether oxygens (including phenoxy) is 2. The van der Waals surface area contributed by atoms with Gasteiger partial charge in [0, 0.05) is 49.3 Å². The van der Waals surface area contributed by atoms with Crippen LogP contribution in [0.2, 0.25) is 5.02 Å². The lowest BCUT2D eigenvalue weighted by molar-refractivity contribution is 0.0455. The van der Waals surface area contributed by atoms with E-state index in [0.717, 1.165) is 67.7 Å². The molecule has 1 atom stereocenters. The monoisotopic (exact) mass is 579 g/mol. The molecule has 0 unspecified atom stereocenters. The predicted molar refractivity (Wildman–Crippen MR) is 155 cm³/mol. The van der Waals surface area contributed by atoms with Crippen LogP contribution in [0.3, 0.4) is 0 Å². The minimum atomic E-state index is -0.423. The number of aromatic amines is 1. The summed E-state index contributed by atoms with van der Waals surface area (Å²) < 4.78 is 11.2. The van der Waals surface area contributed by atoms with Crippen LogP contribution >= 0.6 is 11.6 Å². The van der Waals surface area contributed by atoms with Crippen molar-refractivity contribution in [1.29, 1.82) is 5.26 Å². The number of anilines is 1. The first-order chi connectivity index (χ1) is 20.0. The van der Waals surface area contributed by atoms with Crippen LogP contribution in [-0.4, -0.2) is 69.0 Å². The highest BCUT2D eigenvalue weighted by molar-refractivity contribution is 6.33. The van der Waals surface area contributed by atoms with Crippen LogP contribution in [0.5, 0.6) is 0 Å². The first-order valence-electron chi connectivity index (χ1n) is 14.4. The second-order valence-corrected chi connectivity index (χ2v) is 11.7. The van der Waals surface area contributed by atoms with Crippen LogP contribution in [0.15, 0.2) is 30.5 Å². The minimum Gasteiger partial charge on any atom is -0.381 e. The van der Waals surface area contributed by atoms with Gasteiger partial charge in [-0.15, -0.1) is 10.2 Å². The van der Waals surface area contributed by atoms with Gasteiger partial charge in [0.1, 0.15) is 12.4 Å². The van der Waals surface area contributed by atoms with Crippen molar-refractivity contribution in [3.05, 3.63) is 47.0 Å². The molecule has 2 aliphatic rings. The molecule has 41 heavy (non-hydrogen) atoms. The topological polar surface area (TPSA) is 147 Å². The number of hydrogen-bond donors (Lipinski definition) is 3. The van der Waals surface area contributed by atoms with Gasteiger partial charge in [0.15, 0.2) is 5.82 Å². The van der Waals surface area contributed by atoms with Crippen LogP contribution in [0.1, 0.15) is 57.0 Å². The van der Waals surface area contributed by atoms with Crippen molar-refractivity contribution < 1.29 is 9.47 Å². The van der Waals surface area contributed by atoms with Crippen molar-refractivity contribution >= 4 is 17.4 Å². The molecule has 218 valence electrons. The first-order valence-corrected chi connectivity index (χ1v) is 14.8. The summed E-state index contributed by atoms with van der Waals surface area (Å²) >= 11 is 6.59. The van der Waals surface area contributed by atoms with Gasteiger partial charge in [-0.25, -0.2) is 4.98 Å². The Labute approximate surface area is 245 Å². The van der Waals surface area contributed by atoms with Crippen molar-refractivity contribution in [3.8, 4) is 17.3 Å². The summed E-state index contributed by atoms with van der Waals surface area (Å²) in [5, 5.41) is 31.2. The molecule has 3 aromatic heterocycles. The summed E-state index contributed by atoms with van der Waals surface area (Å²) in [6.07, 6.45) is 8.68. The van der Waals surface area contributed by atoms with Gasteiger partial charge in [-0.3, -0.25) is 4.98 Å². The van der Waals surface area contributed by atoms with Gasteiger partial charge in [0.25, 0.3) is 0 Å². The fourth-order valence-electron chi connectivity index (χ4n) is 5.67. The highest BCUT2D eigenvalue weighted by Crippen LogP contribution is 2.32. The maximum absolute atomic E-state index is 9.76. The normalized spacial score (nSPS) is 21.2. The molecule has 0 aromatic carbocycles. The molecule has 0 amide bonds. The SMILES string of the molecule is C[C@H](COCc1nn[nH]n1)NC1CCC(Cc2cc(-c3cccc(NCC4(C#N)CCOCC4)n3)c(Cl)cn2)CC1. The number of nitriles is 1. The lowest BCUT2D eigenvalue weighted by Gasteiger charge is -2.31. The summed E-state index contributed by atoms with van der Waals surface area (Å²) in [4.78, 5) is 9.47. The quantitative estimate of drug-likeness (QED) is 0.283. The van der Waals surface area contributed by atoms with Gasteiger partial charge in [0.05, 0.1) is 28.8 Å². The van der Waals surface area contributed by atoms with E-state index in [9.17, 15) is 5.26 Å². The van der Waals surface area contributed by atoms with Crippen LogP contribution < -0.4 is 10.6 Å². The molecule has 1 saturated heterocycles. The van der Waals surface area contributed by atoms with Crippen LogP contribution in [0.25, 0.3) is 11.3 Å². The average Bonchev–Trinajstić information content (AvgIpc) is 3.52. The zero-order valence-electron chi connectivity index (χ0n) is 23.5. The van der Waals surface area contributed by atoms with Gasteiger partial charge < -0.3 is 20.1 Å². The molecule has 1 aliphatic carbocycles. The summed E-state index contributed by atoms with van der Waals surface area (Å²) in [5.74, 6) is 1.89. The van der Waals surface area contributed by atoms with E-state index in [0.29, 0.717) is 55.8 Å². The Morgan fingerprint density at radius 1 is 1.24 bits per heavy atom. The summed E-state index contributed by atoms with van der Waals surface area (Å²) in [6.45, 7) is 4.89. The van der Waals surface area contributed by atoms with E-state index in [-0.39, 0.29) is 6.04 Å². The van der Waals surface area contributed by atoms with Gasteiger partial charge in [-0.05, 0) is 76.0 Å². The van der Waals surface area contributed by atoms with Crippen molar-refractivity contribution in [2.24, 2.45) is 11.3 Å². The maximum Gasteiger partial charge on any atom is 0.200 e. The molecule has 1 aliphatic heterocycles. The van der Waals surface area contributed by atoms with Crippen LogP contribution in [-0.2, 0) is 22.5 Å². The Morgan fingerprint density at radius 2 is 2.07 bits per heavy atom. The molecule has 4 heterocycles. The molecule has 12 heteroatoms. The van der Waals surface area contributed by atoms with Crippen molar-refractivity contribution in [2.45, 2.75) is 70.6 Å². The van der Waals surface area contributed by atoms with E-state index in [1.807, 2.05) is 18.2 Å². The summed E-state index contributed by atoms with van der Waals surface area (Å²) in [6, 6.07) is 11.2. The molecule has 5 rings (SSSR count). The third-order valence-electron chi connectivity index (χ3n) is 8.08. The Bertz CT molecular complexity index is 1290. The number of tetrazole rings is 1. The molecule has 1 saturated carbocycles. The maximum atomic E-state index is 9.76. The smallest absolute Gasteiger partial charge is 0.200 e. The van der Waals surface area contributed by atoms with Crippen molar-refractivity contribution in [2.75, 3.05) is 31.7 Å². The van der Waals surface area contributed by atoms with E-state index in [2.05, 4.69) is 55.3 Å². The van der Waals surface area contributed by atoms with Crippen LogP contribution in [0, 0.1) is 22.7 Å². The number of aromatic nitrogens is 6. The highest BCUT2D eigenvalue weighted by atomic mass is 35.5. The lowest BCUT2D eigenvalue weighted by Crippen LogP contribution is -2.41. The fourth-order valence-corrected chi connectivity index (χ4v) is 5.87. The molecule has 2 fully saturated rings. The number of nitrogens with zero attached hydrogens (tertiary/aromatic N) is 6. The molecule has 0 radical (unpaired) electrons. The molecule has 0 spiro atoms. The lowest BCUT2D eigenvalue weighted by atomic mass is 9.82. The number of pyridine rings is 2. The zero-order chi connectivity index (χ0) is 28.5. The summed E-state index contributed by atoms with van der Waals surface area (Å²) in [7, 11) is 0. The van der Waals surface area contributed by atoms with Crippen LogP contribution in [0.4, 0.5) is 5.82 Å². The molecule has 11 nitrogen and oxygen atoms in total. The molecular formula is C29H38ClN9O2. The average molecular weight is 580 g/mol. The third-order valence-corrected chi connectivity index (χ3v) is 8.39.